The Balaban J connectivity index is 1.21. The molecule has 2 aromatic heterocycles. The number of nitrogens with zero attached hydrogens (tertiary/aromatic N) is 3. The number of nitrogens with one attached hydrogen (secondary N) is 2. The molecule has 5 aromatic rings. The monoisotopic (exact) mass is 561 g/mol. The Kier molecular flexibility index (Phi) is 7.19. The summed E-state index contributed by atoms with van der Waals surface area (Å²) in [6, 6.07) is 15.1. The molecule has 3 aromatic carbocycles. The second-order valence-corrected chi connectivity index (χ2v) is 9.86. The molecule has 10 nitrogen and oxygen atoms in total. The van der Waals surface area contributed by atoms with Gasteiger partial charge in [-0.25, -0.2) is 9.97 Å². The average Bonchev–Trinajstić information content (AvgIpc) is 3.64. The molecule has 3 heterocycles. The third kappa shape index (κ3) is 5.28. The molecule has 6 rings (SSSR count). The maximum absolute atomic E-state index is 6.42. The Morgan fingerprint density at radius 2 is 1.85 bits per heavy atom. The molecule has 1 unspecified atom stereocenters. The van der Waals surface area contributed by atoms with E-state index in [1.807, 2.05) is 12.1 Å². The highest BCUT2D eigenvalue weighted by Gasteiger charge is 2.23. The summed E-state index contributed by atoms with van der Waals surface area (Å²) in [5.41, 5.74) is 2.62. The van der Waals surface area contributed by atoms with Crippen molar-refractivity contribution in [2.75, 3.05) is 26.1 Å². The molecular weight excluding hydrogens is 534 g/mol. The van der Waals surface area contributed by atoms with Crippen LogP contribution in [0.3, 0.4) is 0 Å². The third-order valence-corrected chi connectivity index (χ3v) is 7.15. The van der Waals surface area contributed by atoms with Gasteiger partial charge in [0.2, 0.25) is 5.88 Å². The van der Waals surface area contributed by atoms with E-state index in [-0.39, 0.29) is 6.10 Å². The molecule has 0 spiro atoms. The van der Waals surface area contributed by atoms with Gasteiger partial charge in [-0.3, -0.25) is 0 Å². The molecular formula is C29H28ClN5O5. The van der Waals surface area contributed by atoms with Gasteiger partial charge < -0.3 is 34.0 Å². The van der Waals surface area contributed by atoms with Crippen LogP contribution >= 0.6 is 11.6 Å². The summed E-state index contributed by atoms with van der Waals surface area (Å²) in [4.78, 5) is 13.2. The summed E-state index contributed by atoms with van der Waals surface area (Å²) in [5, 5.41) is 7.89. The van der Waals surface area contributed by atoms with Crippen molar-refractivity contribution >= 4 is 45.3 Å². The predicted octanol–water partition coefficient (Wildman–Crippen LogP) is 6.50. The molecule has 1 fully saturated rings. The fraction of sp³-hybridized carbons (Fsp3) is 0.276. The Morgan fingerprint density at radius 1 is 1.00 bits per heavy atom. The maximum Gasteiger partial charge on any atom is 0.300 e. The van der Waals surface area contributed by atoms with Crippen LogP contribution in [-0.4, -0.2) is 47.9 Å². The van der Waals surface area contributed by atoms with Gasteiger partial charge in [0, 0.05) is 29.9 Å². The van der Waals surface area contributed by atoms with Gasteiger partial charge in [0.1, 0.15) is 29.4 Å². The van der Waals surface area contributed by atoms with E-state index in [9.17, 15) is 0 Å². The number of aromatic nitrogens is 3. The van der Waals surface area contributed by atoms with E-state index >= 15 is 0 Å². The molecule has 0 aliphatic carbocycles. The lowest BCUT2D eigenvalue weighted by Crippen LogP contribution is -2.36. The number of halogens is 1. The Bertz CT molecular complexity index is 1670. The molecule has 2 atom stereocenters. The molecule has 1 aliphatic rings. The van der Waals surface area contributed by atoms with Crippen LogP contribution in [-0.2, 0) is 0 Å². The van der Waals surface area contributed by atoms with E-state index in [4.69, 9.17) is 35.0 Å². The number of methoxy groups -OCH3 is 2. The lowest BCUT2D eigenvalue weighted by molar-refractivity contribution is 0.180. The fourth-order valence-corrected chi connectivity index (χ4v) is 4.93. The summed E-state index contributed by atoms with van der Waals surface area (Å²) in [5.74, 6) is 2.65. The summed E-state index contributed by atoms with van der Waals surface area (Å²) in [6.07, 6.45) is 3.67. The van der Waals surface area contributed by atoms with Crippen LogP contribution in [0.1, 0.15) is 19.8 Å². The summed E-state index contributed by atoms with van der Waals surface area (Å²) < 4.78 is 29.0. The van der Waals surface area contributed by atoms with Crippen molar-refractivity contribution in [3.8, 4) is 28.9 Å². The molecule has 1 aliphatic heterocycles. The standard InChI is InChI=1S/C29H28ClN5O5/c1-16(21-5-4-10-31-21)38-25-11-17(6-8-20(25)30)34-29-35-23-12-18(7-9-24(23)40-29)39-28-19-13-26(36-2)27(37-3)14-22(19)32-15-33-28/h6-9,11-16,21,31H,4-5,10H2,1-3H3,(H,34,35)/t16-,21?/m0/s1. The molecule has 0 amide bonds. The fourth-order valence-electron chi connectivity index (χ4n) is 4.77. The Hall–Kier alpha value is -4.28. The number of ether oxygens (including phenoxy) is 4. The van der Waals surface area contributed by atoms with Crippen LogP contribution in [0.2, 0.25) is 5.02 Å². The first-order chi connectivity index (χ1) is 19.5. The highest BCUT2D eigenvalue weighted by molar-refractivity contribution is 6.32. The minimum atomic E-state index is -0.00637. The number of fused-ring (bicyclic) bond motifs is 2. The number of anilines is 2. The van der Waals surface area contributed by atoms with Gasteiger partial charge >= 0.3 is 0 Å². The SMILES string of the molecule is COc1cc2ncnc(Oc3ccc4oc(Nc5ccc(Cl)c(O[C@@H](C)C6CCCN6)c5)nc4c3)c2cc1OC. The maximum atomic E-state index is 6.42. The highest BCUT2D eigenvalue weighted by atomic mass is 35.5. The molecule has 1 saturated heterocycles. The normalized spacial score (nSPS) is 15.8. The van der Waals surface area contributed by atoms with Crippen LogP contribution in [0.5, 0.6) is 28.9 Å². The van der Waals surface area contributed by atoms with Gasteiger partial charge in [0.05, 0.1) is 30.1 Å². The van der Waals surface area contributed by atoms with E-state index in [0.717, 1.165) is 25.1 Å². The van der Waals surface area contributed by atoms with Gasteiger partial charge in [-0.15, -0.1) is 0 Å². The largest absolute Gasteiger partial charge is 0.493 e. The molecule has 0 saturated carbocycles. The van der Waals surface area contributed by atoms with Crippen LogP contribution in [0.25, 0.3) is 22.0 Å². The van der Waals surface area contributed by atoms with Gasteiger partial charge in [0.15, 0.2) is 17.1 Å². The highest BCUT2D eigenvalue weighted by Crippen LogP contribution is 2.37. The van der Waals surface area contributed by atoms with Gasteiger partial charge in [-0.05, 0) is 56.6 Å². The van der Waals surface area contributed by atoms with Gasteiger partial charge in [-0.1, -0.05) is 11.6 Å². The van der Waals surface area contributed by atoms with Crippen LogP contribution < -0.4 is 29.6 Å². The molecule has 0 radical (unpaired) electrons. The van der Waals surface area contributed by atoms with Gasteiger partial charge in [0.25, 0.3) is 6.01 Å². The molecule has 206 valence electrons. The number of hydrogen-bond acceptors (Lipinski definition) is 10. The number of hydrogen-bond donors (Lipinski definition) is 2. The third-order valence-electron chi connectivity index (χ3n) is 6.84. The topological polar surface area (TPSA) is 113 Å². The second-order valence-electron chi connectivity index (χ2n) is 9.45. The lowest BCUT2D eigenvalue weighted by atomic mass is 10.1. The average molecular weight is 562 g/mol. The first-order valence-corrected chi connectivity index (χ1v) is 13.3. The quantitative estimate of drug-likeness (QED) is 0.207. The zero-order chi connectivity index (χ0) is 27.6. The molecule has 11 heteroatoms. The second kappa shape index (κ2) is 11.1. The summed E-state index contributed by atoms with van der Waals surface area (Å²) in [6.45, 7) is 3.06. The van der Waals surface area contributed by atoms with Crippen LogP contribution in [0.4, 0.5) is 11.7 Å². The van der Waals surface area contributed by atoms with Crippen molar-refractivity contribution in [3.05, 3.63) is 59.9 Å². The molecule has 2 N–H and O–H groups in total. The van der Waals surface area contributed by atoms with Crippen LogP contribution in [0.15, 0.2) is 59.3 Å². The van der Waals surface area contributed by atoms with Crippen LogP contribution in [0, 0.1) is 0 Å². The minimum absolute atomic E-state index is 0.00637. The zero-order valence-electron chi connectivity index (χ0n) is 22.2. The van der Waals surface area contributed by atoms with E-state index in [0.29, 0.717) is 68.0 Å². The van der Waals surface area contributed by atoms with Crippen molar-refractivity contribution in [2.24, 2.45) is 0 Å². The van der Waals surface area contributed by atoms with E-state index < -0.39 is 0 Å². The lowest BCUT2D eigenvalue weighted by Gasteiger charge is -2.22. The van der Waals surface area contributed by atoms with E-state index in [2.05, 4.69) is 32.5 Å². The first kappa shape index (κ1) is 26.0. The van der Waals surface area contributed by atoms with Crippen molar-refractivity contribution in [1.82, 2.24) is 20.3 Å². The molecule has 0 bridgehead atoms. The van der Waals surface area contributed by atoms with Crippen molar-refractivity contribution < 1.29 is 23.4 Å². The number of oxazole rings is 1. The van der Waals surface area contributed by atoms with E-state index in [1.165, 1.54) is 6.33 Å². The Labute approximate surface area is 235 Å². The first-order valence-electron chi connectivity index (χ1n) is 12.9. The van der Waals surface area contributed by atoms with Crippen molar-refractivity contribution in [2.45, 2.75) is 31.9 Å². The zero-order valence-corrected chi connectivity index (χ0v) is 23.0. The number of benzene rings is 3. The minimum Gasteiger partial charge on any atom is -0.493 e. The Morgan fingerprint density at radius 3 is 2.65 bits per heavy atom. The van der Waals surface area contributed by atoms with Crippen molar-refractivity contribution in [1.29, 1.82) is 0 Å². The predicted molar refractivity (Wildman–Crippen MR) is 153 cm³/mol. The van der Waals surface area contributed by atoms with E-state index in [1.54, 1.807) is 50.6 Å². The smallest absolute Gasteiger partial charge is 0.300 e. The molecule has 40 heavy (non-hydrogen) atoms. The summed E-state index contributed by atoms with van der Waals surface area (Å²) in [7, 11) is 3.15. The van der Waals surface area contributed by atoms with Gasteiger partial charge in [-0.2, -0.15) is 4.98 Å². The summed E-state index contributed by atoms with van der Waals surface area (Å²) >= 11 is 6.42. The number of rotatable bonds is 9. The van der Waals surface area contributed by atoms with Crippen molar-refractivity contribution in [3.63, 3.8) is 0 Å².